The van der Waals surface area contributed by atoms with E-state index < -0.39 is 0 Å². The van der Waals surface area contributed by atoms with Crippen LogP contribution in [0.2, 0.25) is 0 Å². The van der Waals surface area contributed by atoms with Crippen LogP contribution in [0.5, 0.6) is 0 Å². The van der Waals surface area contributed by atoms with Gasteiger partial charge in [0.25, 0.3) is 11.8 Å². The Morgan fingerprint density at radius 3 is 2.25 bits per heavy atom. The Kier molecular flexibility index (Phi) is 4.60. The van der Waals surface area contributed by atoms with Gasteiger partial charge in [0.05, 0.1) is 11.1 Å². The standard InChI is InChI=1S/C19H21N3O2/c1-13-7-14(2)9-17(8-13)21-18(23)15-10-16(12-20-11-15)19(24)22-5-3-4-6-22/h7-12H,3-6H2,1-2H3,(H,21,23). The van der Waals surface area contributed by atoms with Crippen molar-refractivity contribution in [3.8, 4) is 0 Å². The van der Waals surface area contributed by atoms with E-state index in [2.05, 4.69) is 10.3 Å². The van der Waals surface area contributed by atoms with Crippen molar-refractivity contribution in [3.05, 3.63) is 58.9 Å². The first-order valence-electron chi connectivity index (χ1n) is 8.17. The summed E-state index contributed by atoms with van der Waals surface area (Å²) in [5.74, 6) is -0.315. The monoisotopic (exact) mass is 323 g/mol. The molecule has 0 radical (unpaired) electrons. The van der Waals surface area contributed by atoms with E-state index in [1.165, 1.54) is 12.4 Å². The third-order valence-corrected chi connectivity index (χ3v) is 4.12. The molecule has 0 saturated carbocycles. The van der Waals surface area contributed by atoms with Gasteiger partial charge in [-0.05, 0) is 56.0 Å². The molecule has 1 aromatic carbocycles. The van der Waals surface area contributed by atoms with Gasteiger partial charge in [0.1, 0.15) is 0 Å². The molecule has 5 heteroatoms. The first-order valence-corrected chi connectivity index (χ1v) is 8.17. The Morgan fingerprint density at radius 1 is 0.958 bits per heavy atom. The Morgan fingerprint density at radius 2 is 1.58 bits per heavy atom. The summed E-state index contributed by atoms with van der Waals surface area (Å²) in [6, 6.07) is 7.49. The molecule has 0 unspecified atom stereocenters. The van der Waals surface area contributed by atoms with Gasteiger partial charge in [-0.15, -0.1) is 0 Å². The predicted molar refractivity (Wildman–Crippen MR) is 93.2 cm³/mol. The third kappa shape index (κ3) is 3.62. The molecule has 0 atom stereocenters. The molecule has 1 N–H and O–H groups in total. The van der Waals surface area contributed by atoms with Gasteiger partial charge in [0.15, 0.2) is 0 Å². The molecule has 3 rings (SSSR count). The number of likely N-dealkylation sites (tertiary alicyclic amines) is 1. The van der Waals surface area contributed by atoms with Crippen molar-refractivity contribution in [3.63, 3.8) is 0 Å². The summed E-state index contributed by atoms with van der Waals surface area (Å²) in [4.78, 5) is 30.8. The van der Waals surface area contributed by atoms with Gasteiger partial charge in [-0.25, -0.2) is 0 Å². The second kappa shape index (κ2) is 6.83. The number of aryl methyl sites for hydroxylation is 2. The van der Waals surface area contributed by atoms with E-state index >= 15 is 0 Å². The van der Waals surface area contributed by atoms with Gasteiger partial charge in [0, 0.05) is 31.2 Å². The molecule has 1 fully saturated rings. The lowest BCUT2D eigenvalue weighted by molar-refractivity contribution is 0.0792. The minimum Gasteiger partial charge on any atom is -0.339 e. The Bertz CT molecular complexity index is 760. The van der Waals surface area contributed by atoms with E-state index in [9.17, 15) is 9.59 Å². The van der Waals surface area contributed by atoms with Crippen LogP contribution < -0.4 is 5.32 Å². The fourth-order valence-electron chi connectivity index (χ4n) is 3.03. The SMILES string of the molecule is Cc1cc(C)cc(NC(=O)c2cncc(C(=O)N3CCCC3)c2)c1. The summed E-state index contributed by atoms with van der Waals surface area (Å²) in [5.41, 5.74) is 3.76. The third-order valence-electron chi connectivity index (χ3n) is 4.12. The van der Waals surface area contributed by atoms with Crippen molar-refractivity contribution in [2.75, 3.05) is 18.4 Å². The van der Waals surface area contributed by atoms with Crippen LogP contribution in [0.25, 0.3) is 0 Å². The highest BCUT2D eigenvalue weighted by molar-refractivity contribution is 6.05. The molecule has 1 aliphatic rings. The number of nitrogens with one attached hydrogen (secondary N) is 1. The van der Waals surface area contributed by atoms with Crippen LogP contribution in [0, 0.1) is 13.8 Å². The maximum atomic E-state index is 12.5. The molecule has 2 heterocycles. The van der Waals surface area contributed by atoms with Crippen molar-refractivity contribution in [2.24, 2.45) is 0 Å². The topological polar surface area (TPSA) is 62.3 Å². The maximum absolute atomic E-state index is 12.5. The number of carbonyl (C=O) groups is 2. The summed E-state index contributed by atoms with van der Waals surface area (Å²) >= 11 is 0. The summed E-state index contributed by atoms with van der Waals surface area (Å²) in [7, 11) is 0. The molecular formula is C19H21N3O2. The van der Waals surface area contributed by atoms with E-state index in [-0.39, 0.29) is 11.8 Å². The van der Waals surface area contributed by atoms with Gasteiger partial charge < -0.3 is 10.2 Å². The van der Waals surface area contributed by atoms with Crippen LogP contribution in [-0.4, -0.2) is 34.8 Å². The van der Waals surface area contributed by atoms with Crippen molar-refractivity contribution < 1.29 is 9.59 Å². The van der Waals surface area contributed by atoms with Gasteiger partial charge in [-0.3, -0.25) is 14.6 Å². The lowest BCUT2D eigenvalue weighted by Gasteiger charge is -2.15. The Labute approximate surface area is 141 Å². The lowest BCUT2D eigenvalue weighted by atomic mass is 10.1. The first kappa shape index (κ1) is 16.2. The van der Waals surface area contributed by atoms with Gasteiger partial charge >= 0.3 is 0 Å². The zero-order valence-corrected chi connectivity index (χ0v) is 14.0. The molecular weight excluding hydrogens is 302 g/mol. The summed E-state index contributed by atoms with van der Waals surface area (Å²) in [6.45, 7) is 5.52. The van der Waals surface area contributed by atoms with E-state index in [1.807, 2.05) is 36.9 Å². The number of aromatic nitrogens is 1. The van der Waals surface area contributed by atoms with E-state index in [4.69, 9.17) is 0 Å². The van der Waals surface area contributed by atoms with Gasteiger partial charge in [0.2, 0.25) is 0 Å². The highest BCUT2D eigenvalue weighted by atomic mass is 16.2. The zero-order chi connectivity index (χ0) is 17.1. The Hall–Kier alpha value is -2.69. The largest absolute Gasteiger partial charge is 0.339 e. The number of benzene rings is 1. The number of amides is 2. The number of rotatable bonds is 3. The van der Waals surface area contributed by atoms with Crippen molar-refractivity contribution in [1.29, 1.82) is 0 Å². The molecule has 0 bridgehead atoms. The van der Waals surface area contributed by atoms with Crippen molar-refractivity contribution >= 4 is 17.5 Å². The number of hydrogen-bond donors (Lipinski definition) is 1. The van der Waals surface area contributed by atoms with Crippen LogP contribution >= 0.6 is 0 Å². The van der Waals surface area contributed by atoms with Crippen molar-refractivity contribution in [2.45, 2.75) is 26.7 Å². The van der Waals surface area contributed by atoms with Crippen LogP contribution in [0.4, 0.5) is 5.69 Å². The zero-order valence-electron chi connectivity index (χ0n) is 14.0. The van der Waals surface area contributed by atoms with Gasteiger partial charge in [-0.2, -0.15) is 0 Å². The lowest BCUT2D eigenvalue weighted by Crippen LogP contribution is -2.28. The molecule has 2 amide bonds. The Balaban J connectivity index is 1.77. The van der Waals surface area contributed by atoms with E-state index in [0.29, 0.717) is 11.1 Å². The number of nitrogens with zero attached hydrogens (tertiary/aromatic N) is 2. The summed E-state index contributed by atoms with van der Waals surface area (Å²) in [5, 5.41) is 2.87. The number of anilines is 1. The van der Waals surface area contributed by atoms with Crippen molar-refractivity contribution in [1.82, 2.24) is 9.88 Å². The van der Waals surface area contributed by atoms with Crippen LogP contribution in [-0.2, 0) is 0 Å². The second-order valence-corrected chi connectivity index (χ2v) is 6.29. The van der Waals surface area contributed by atoms with E-state index in [1.54, 1.807) is 6.07 Å². The number of carbonyl (C=O) groups excluding carboxylic acids is 2. The minimum absolute atomic E-state index is 0.0546. The quantitative estimate of drug-likeness (QED) is 0.943. The fourth-order valence-corrected chi connectivity index (χ4v) is 3.03. The minimum atomic E-state index is -0.261. The molecule has 24 heavy (non-hydrogen) atoms. The fraction of sp³-hybridized carbons (Fsp3) is 0.316. The molecule has 124 valence electrons. The second-order valence-electron chi connectivity index (χ2n) is 6.29. The van der Waals surface area contributed by atoms with Gasteiger partial charge in [-0.1, -0.05) is 6.07 Å². The first-order chi connectivity index (χ1) is 11.5. The average molecular weight is 323 g/mol. The predicted octanol–water partition coefficient (Wildman–Crippen LogP) is 3.19. The maximum Gasteiger partial charge on any atom is 0.257 e. The molecule has 1 saturated heterocycles. The highest BCUT2D eigenvalue weighted by Gasteiger charge is 2.20. The molecule has 1 aromatic heterocycles. The van der Waals surface area contributed by atoms with Crippen LogP contribution in [0.15, 0.2) is 36.7 Å². The van der Waals surface area contributed by atoms with E-state index in [0.717, 1.165) is 42.7 Å². The van der Waals surface area contributed by atoms with Crippen LogP contribution in [0.1, 0.15) is 44.7 Å². The smallest absolute Gasteiger partial charge is 0.257 e. The summed E-state index contributed by atoms with van der Waals surface area (Å²) < 4.78 is 0. The average Bonchev–Trinajstić information content (AvgIpc) is 3.07. The summed E-state index contributed by atoms with van der Waals surface area (Å²) in [6.07, 6.45) is 5.07. The molecule has 0 spiro atoms. The molecule has 0 aliphatic carbocycles. The highest BCUT2D eigenvalue weighted by Crippen LogP contribution is 2.16. The normalized spacial score (nSPS) is 13.8. The molecule has 5 nitrogen and oxygen atoms in total. The molecule has 1 aliphatic heterocycles. The number of pyridine rings is 1. The van der Waals surface area contributed by atoms with Crippen LogP contribution in [0.3, 0.4) is 0 Å². The molecule has 2 aromatic rings. The number of hydrogen-bond acceptors (Lipinski definition) is 3.